The molecule has 0 saturated carbocycles. The number of rotatable bonds is 4. The van der Waals surface area contributed by atoms with Crippen LogP contribution in [0.5, 0.6) is 11.5 Å². The van der Waals surface area contributed by atoms with E-state index >= 15 is 0 Å². The number of likely N-dealkylation sites (N-methyl/N-ethyl adjacent to an activating group) is 1. The molecule has 1 unspecified atom stereocenters. The minimum absolute atomic E-state index is 1.15. The largest absolute Gasteiger partial charge is 0.504 e. The Morgan fingerprint density at radius 2 is 2.71 bits per heavy atom. The van der Waals surface area contributed by atoms with E-state index in [0.29, 0.717) is 0 Å². The number of methoxy groups -OCH3 is 1. The molecular weight excluding hydrogens is 185 g/mol. The lowest BCUT2D eigenvalue weighted by Crippen LogP contribution is -2.16. The molecule has 4 heteroatoms. The number of nitrogens with one attached hydrogen (secondary N) is 1. The molecule has 1 aromatic rings. The number of phenolic OH excluding ortho intramolecular Hbond substituents is 1. The van der Waals surface area contributed by atoms with Crippen molar-refractivity contribution in [1.82, 2.24) is 5.32 Å². The molecule has 0 aliphatic heterocycles. The zero-order chi connectivity index (χ0) is 20.9. The molecule has 1 aromatic carbocycles. The van der Waals surface area contributed by atoms with Gasteiger partial charge in [0.2, 0.25) is 0 Å². The third-order valence-electron chi connectivity index (χ3n) is 1.28. The fraction of sp³-hybridized carbons (Fsp3) is 0.400. The predicted molar refractivity (Wildman–Crippen MR) is 53.5 cm³/mol. The zero-order valence-electron chi connectivity index (χ0n) is 18.8. The van der Waals surface area contributed by atoms with Crippen LogP contribution in [0, 0.1) is 0 Å². The highest BCUT2D eigenvalue weighted by Gasteiger charge is 2.09. The van der Waals surface area contributed by atoms with Crippen LogP contribution in [0.1, 0.15) is 28.1 Å². The third kappa shape index (κ3) is 2.37. The average Bonchev–Trinajstić information content (AvgIpc) is 2.37. The lowest BCUT2D eigenvalue weighted by Gasteiger charge is -2.12. The van der Waals surface area contributed by atoms with Gasteiger partial charge in [-0.2, -0.15) is 0 Å². The number of hydrogen-bond donors (Lipinski definition) is 3. The summed E-state index contributed by atoms with van der Waals surface area (Å²) in [4.78, 5) is 0. The molecule has 0 fully saturated rings. The van der Waals surface area contributed by atoms with Gasteiger partial charge in [-0.15, -0.1) is 0 Å². The molecule has 0 aromatic heterocycles. The van der Waals surface area contributed by atoms with Gasteiger partial charge in [-0.1, -0.05) is 6.04 Å². The van der Waals surface area contributed by atoms with Crippen molar-refractivity contribution in [3.05, 3.63) is 23.7 Å². The van der Waals surface area contributed by atoms with E-state index in [1.807, 2.05) is 0 Å². The first kappa shape index (κ1) is 2.87. The first-order valence-corrected chi connectivity index (χ1v) is 3.36. The SMILES string of the molecule is [2H]c1c([2H])c([13C]([2H])(O)C([2H])([2H])N[13C]([2H])([2H])[2H])c([2H])c(O[13C]([2H])([2H])[2H])c1O. The molecule has 4 nitrogen and oxygen atoms in total. The van der Waals surface area contributed by atoms with Gasteiger partial charge in [-0.3, -0.25) is 0 Å². The van der Waals surface area contributed by atoms with E-state index in [9.17, 15) is 10.2 Å². The van der Waals surface area contributed by atoms with Gasteiger partial charge in [0.05, 0.1) is 22.7 Å². The molecule has 0 radical (unpaired) electrons. The summed E-state index contributed by atoms with van der Waals surface area (Å²) in [5.74, 6) is -2.42. The van der Waals surface area contributed by atoms with Crippen LogP contribution in [0.2, 0.25) is 0 Å². The van der Waals surface area contributed by atoms with Crippen molar-refractivity contribution in [3.8, 4) is 11.5 Å². The summed E-state index contributed by atoms with van der Waals surface area (Å²) >= 11 is 0. The van der Waals surface area contributed by atoms with Gasteiger partial charge < -0.3 is 20.3 Å². The molecule has 0 heterocycles. The van der Waals surface area contributed by atoms with Crippen LogP contribution in [0.15, 0.2) is 18.1 Å². The molecule has 1 atom stereocenters. The van der Waals surface area contributed by atoms with E-state index in [2.05, 4.69) is 4.74 Å². The monoisotopic (exact) mass is 212 g/mol. The van der Waals surface area contributed by atoms with Crippen molar-refractivity contribution in [1.29, 1.82) is 0 Å². The Morgan fingerprint density at radius 1 is 1.86 bits per heavy atom. The van der Waals surface area contributed by atoms with Crippen LogP contribution in [-0.4, -0.2) is 30.7 Å². The fourth-order valence-electron chi connectivity index (χ4n) is 0.696. The van der Waals surface area contributed by atoms with Gasteiger partial charge in [0.25, 0.3) is 0 Å². The minimum atomic E-state index is -3.63. The summed E-state index contributed by atoms with van der Waals surface area (Å²) in [6.45, 7) is -6.63. The summed E-state index contributed by atoms with van der Waals surface area (Å²) in [6.07, 6.45) is -3.63. The van der Waals surface area contributed by atoms with Gasteiger partial charge in [0.1, 0.15) is 0 Å². The average molecular weight is 212 g/mol. The second-order valence-corrected chi connectivity index (χ2v) is 2.13. The summed E-state index contributed by atoms with van der Waals surface area (Å²) < 4.78 is 92.4. The highest BCUT2D eigenvalue weighted by atomic mass is 16.5. The smallest absolute Gasteiger partial charge is 0.160 e. The van der Waals surface area contributed by atoms with Gasteiger partial charge in [0, 0.05) is 13.4 Å². The van der Waals surface area contributed by atoms with Crippen LogP contribution in [0.4, 0.5) is 0 Å². The highest BCUT2D eigenvalue weighted by molar-refractivity contribution is 5.42. The number of phenols is 1. The summed E-state index contributed by atoms with van der Waals surface area (Å²) in [7, 11) is -3.21. The minimum Gasteiger partial charge on any atom is -0.504 e. The summed E-state index contributed by atoms with van der Waals surface area (Å²) in [5.41, 5.74) is -1.26. The fourth-order valence-corrected chi connectivity index (χ4v) is 0.696. The maximum absolute atomic E-state index is 10.3. The second kappa shape index (κ2) is 4.83. The van der Waals surface area contributed by atoms with Crippen molar-refractivity contribution in [2.75, 3.05) is 20.5 Å². The first-order valence-electron chi connectivity index (χ1n) is 9.36. The number of ether oxygens (including phenoxy) is 1. The van der Waals surface area contributed by atoms with Crippen LogP contribution in [-0.2, 0) is 0 Å². The molecule has 0 spiro atoms. The standard InChI is InChI=1S/C10H15NO3/c1-11-6-9(13)7-3-4-8(12)10(5-7)14-2/h3-5,9,11-13H,6H2,1-2H3/i1+1D3,2+1D3,3D,4D,5D,6D2,9+1D. The van der Waals surface area contributed by atoms with Crippen LogP contribution in [0.3, 0.4) is 0 Å². The van der Waals surface area contributed by atoms with E-state index in [4.69, 9.17) is 16.4 Å². The number of benzene rings is 1. The molecule has 78 valence electrons. The van der Waals surface area contributed by atoms with E-state index in [1.165, 1.54) is 5.32 Å². The molecule has 1 rings (SSSR count). The van der Waals surface area contributed by atoms with E-state index in [0.717, 1.165) is 0 Å². The maximum atomic E-state index is 10.3. The maximum Gasteiger partial charge on any atom is 0.160 e. The Balaban J connectivity index is 3.71. The van der Waals surface area contributed by atoms with Gasteiger partial charge in [-0.05, 0) is 24.6 Å². The lowest BCUT2D eigenvalue weighted by atomic mass is 10.2. The van der Waals surface area contributed by atoms with E-state index in [-0.39, 0.29) is 0 Å². The second-order valence-electron chi connectivity index (χ2n) is 2.13. The molecule has 0 amide bonds. The van der Waals surface area contributed by atoms with Crippen molar-refractivity contribution in [2.24, 2.45) is 0 Å². The topological polar surface area (TPSA) is 61.7 Å². The highest BCUT2D eigenvalue weighted by Crippen LogP contribution is 2.28. The number of aliphatic hydroxyl groups is 1. The number of hydrogen-bond acceptors (Lipinski definition) is 4. The quantitative estimate of drug-likeness (QED) is 0.641. The number of aromatic hydroxyl groups is 1. The van der Waals surface area contributed by atoms with Gasteiger partial charge >= 0.3 is 0 Å². The van der Waals surface area contributed by atoms with Crippen molar-refractivity contribution in [3.63, 3.8) is 0 Å². The molecule has 3 N–H and O–H groups in total. The first-order chi connectivity index (χ1) is 11.3. The predicted octanol–water partition coefficient (Wildman–Crippen LogP) is 0.654. The molecule has 0 aliphatic carbocycles. The Morgan fingerprint density at radius 3 is 3.43 bits per heavy atom. The van der Waals surface area contributed by atoms with Gasteiger partial charge in [0.15, 0.2) is 11.5 Å². The molecule has 0 saturated heterocycles. The Bertz CT molecular complexity index is 696. The van der Waals surface area contributed by atoms with Crippen LogP contribution >= 0.6 is 0 Å². The summed E-state index contributed by atoms with van der Waals surface area (Å²) in [5, 5.41) is 21.4. The Labute approximate surface area is 100 Å². The van der Waals surface area contributed by atoms with E-state index < -0.39 is 61.8 Å². The van der Waals surface area contributed by atoms with Crippen molar-refractivity contribution in [2.45, 2.75) is 6.08 Å². The Kier molecular flexibility index (Phi) is 0.990. The Hall–Kier alpha value is -1.26. The van der Waals surface area contributed by atoms with Crippen LogP contribution in [0.25, 0.3) is 0 Å². The van der Waals surface area contributed by atoms with Crippen molar-refractivity contribution >= 4 is 0 Å². The van der Waals surface area contributed by atoms with Gasteiger partial charge in [-0.25, -0.2) is 0 Å². The molecule has 0 aliphatic rings. The van der Waals surface area contributed by atoms with Crippen molar-refractivity contribution < 1.29 is 31.4 Å². The van der Waals surface area contributed by atoms with E-state index in [1.54, 1.807) is 0 Å². The zero-order valence-corrected chi connectivity index (χ0v) is 6.80. The third-order valence-corrected chi connectivity index (χ3v) is 1.28. The summed E-state index contributed by atoms with van der Waals surface area (Å²) in [6, 6.07) is -3.59. The normalized spacial score (nSPS) is 30.1. The lowest BCUT2D eigenvalue weighted by molar-refractivity contribution is 0.177. The molecule has 0 bridgehead atoms. The van der Waals surface area contributed by atoms with Crippen LogP contribution < -0.4 is 10.1 Å². The molecule has 14 heavy (non-hydrogen) atoms. The molecular formula is C10H15NO3.